The quantitative estimate of drug-likeness (QED) is 0.419. The van der Waals surface area contributed by atoms with Gasteiger partial charge in [0.25, 0.3) is 0 Å². The lowest BCUT2D eigenvalue weighted by Crippen LogP contribution is -1.88. The fraction of sp³-hybridized carbons (Fsp3) is 0.111. The van der Waals surface area contributed by atoms with E-state index in [1.54, 1.807) is 34.0 Å². The zero-order valence-corrected chi connectivity index (χ0v) is 13.2. The van der Waals surface area contributed by atoms with E-state index in [2.05, 4.69) is 39.6 Å². The van der Waals surface area contributed by atoms with Gasteiger partial charge in [-0.05, 0) is 39.6 Å². The van der Waals surface area contributed by atoms with Gasteiger partial charge in [-0.25, -0.2) is 0 Å². The van der Waals surface area contributed by atoms with Crippen LogP contribution in [0.3, 0.4) is 0 Å². The third-order valence-corrected chi connectivity index (χ3v) is 10.3. The zero-order valence-electron chi connectivity index (χ0n) is 7.69. The molecule has 0 aliphatic rings. The predicted molar refractivity (Wildman–Crippen MR) is 82.3 cm³/mol. The first-order valence-electron chi connectivity index (χ1n) is 4.23. The molecule has 0 N–H and O–H groups in total. The van der Waals surface area contributed by atoms with E-state index in [4.69, 9.17) is 0 Å². The summed E-state index contributed by atoms with van der Waals surface area (Å²) in [6.45, 7) is 1.83. The van der Waals surface area contributed by atoms with E-state index in [0.717, 1.165) is 4.62 Å². The van der Waals surface area contributed by atoms with Crippen molar-refractivity contribution in [2.75, 3.05) is 6.66 Å². The van der Waals surface area contributed by atoms with Crippen LogP contribution < -0.4 is 4.62 Å². The van der Waals surface area contributed by atoms with Gasteiger partial charge in [-0.15, -0.1) is 34.0 Å². The first-order chi connectivity index (χ1) is 7.05. The van der Waals surface area contributed by atoms with Crippen molar-refractivity contribution < 1.29 is 4.57 Å². The summed E-state index contributed by atoms with van der Waals surface area (Å²) in [6, 6.07) is 4.26. The van der Waals surface area contributed by atoms with Crippen LogP contribution in [0.1, 0.15) is 0 Å². The van der Waals surface area contributed by atoms with Crippen molar-refractivity contribution in [2.45, 2.75) is 0 Å². The highest BCUT2D eigenvalue weighted by atomic mass is 127. The maximum Gasteiger partial charge on any atom is 0.177 e. The highest BCUT2D eigenvalue weighted by molar-refractivity contribution is 14.2. The van der Waals surface area contributed by atoms with Crippen LogP contribution in [0, 0.1) is 0 Å². The Hall–Kier alpha value is 0.580. The van der Waals surface area contributed by atoms with Crippen LogP contribution >= 0.6 is 60.8 Å². The van der Waals surface area contributed by atoms with Crippen molar-refractivity contribution in [1.29, 1.82) is 0 Å². The van der Waals surface area contributed by atoms with Gasteiger partial charge in [0.1, 0.15) is 0 Å². The standard InChI is InChI=1S/C9H6IOPS3/c1-12(10,11)7-4-6-9(15-7)8-5(14-6)2-3-13-8/h2-4H,1H3. The van der Waals surface area contributed by atoms with Crippen LogP contribution in [0.15, 0.2) is 17.5 Å². The van der Waals surface area contributed by atoms with E-state index in [0.29, 0.717) is 0 Å². The van der Waals surface area contributed by atoms with E-state index in [1.807, 2.05) is 6.66 Å². The number of halogens is 1. The van der Waals surface area contributed by atoms with Crippen LogP contribution in [0.4, 0.5) is 0 Å². The summed E-state index contributed by atoms with van der Waals surface area (Å²) in [5.41, 5.74) is 0. The first kappa shape index (κ1) is 10.7. The van der Waals surface area contributed by atoms with Crippen LogP contribution in [0.25, 0.3) is 18.8 Å². The molecule has 0 saturated heterocycles. The van der Waals surface area contributed by atoms with Crippen LogP contribution in [0.5, 0.6) is 0 Å². The summed E-state index contributed by atoms with van der Waals surface area (Å²) in [4.78, 5) is -2.12. The third-order valence-electron chi connectivity index (χ3n) is 2.13. The summed E-state index contributed by atoms with van der Waals surface area (Å²) in [6.07, 6.45) is 0. The summed E-state index contributed by atoms with van der Waals surface area (Å²) in [5, 5.41) is 2.12. The molecule has 78 valence electrons. The molecule has 0 bridgehead atoms. The Morgan fingerprint density at radius 1 is 1.27 bits per heavy atom. The molecule has 0 spiro atoms. The first-order valence-corrected chi connectivity index (χ1v) is 11.7. The average molecular weight is 384 g/mol. The molecular weight excluding hydrogens is 378 g/mol. The van der Waals surface area contributed by atoms with Gasteiger partial charge in [0.05, 0.1) is 14.0 Å². The van der Waals surface area contributed by atoms with Crippen molar-refractivity contribution in [3.05, 3.63) is 17.5 Å². The Morgan fingerprint density at radius 2 is 2.07 bits per heavy atom. The van der Waals surface area contributed by atoms with Gasteiger partial charge < -0.3 is 4.57 Å². The molecule has 0 radical (unpaired) electrons. The SMILES string of the molecule is CP(=O)(I)c1cc2sc3ccsc3c2s1. The van der Waals surface area contributed by atoms with Crippen molar-refractivity contribution in [3.8, 4) is 0 Å². The third kappa shape index (κ3) is 1.72. The number of rotatable bonds is 1. The summed E-state index contributed by atoms with van der Waals surface area (Å²) in [7, 11) is 0. The Morgan fingerprint density at radius 3 is 2.80 bits per heavy atom. The van der Waals surface area contributed by atoms with E-state index >= 15 is 0 Å². The van der Waals surface area contributed by atoms with Gasteiger partial charge in [0.15, 0.2) is 4.78 Å². The van der Waals surface area contributed by atoms with Crippen molar-refractivity contribution in [1.82, 2.24) is 0 Å². The maximum absolute atomic E-state index is 12.0. The normalized spacial score (nSPS) is 16.1. The summed E-state index contributed by atoms with van der Waals surface area (Å²) < 4.78 is 18.3. The van der Waals surface area contributed by atoms with E-state index < -0.39 is 4.78 Å². The van der Waals surface area contributed by atoms with Gasteiger partial charge in [-0.3, -0.25) is 0 Å². The van der Waals surface area contributed by atoms with Crippen LogP contribution in [-0.2, 0) is 4.57 Å². The molecule has 0 fully saturated rings. The highest BCUT2D eigenvalue weighted by Gasteiger charge is 2.19. The van der Waals surface area contributed by atoms with E-state index in [-0.39, 0.29) is 0 Å². The molecule has 0 saturated carbocycles. The van der Waals surface area contributed by atoms with Crippen LogP contribution in [0.2, 0.25) is 0 Å². The molecule has 1 atom stereocenters. The Balaban J connectivity index is 2.39. The minimum absolute atomic E-state index is 1.04. The van der Waals surface area contributed by atoms with E-state index in [1.165, 1.54) is 18.8 Å². The molecule has 0 aliphatic heterocycles. The monoisotopic (exact) mass is 384 g/mol. The lowest BCUT2D eigenvalue weighted by atomic mass is 10.5. The smallest absolute Gasteiger partial charge is 0.177 e. The lowest BCUT2D eigenvalue weighted by Gasteiger charge is -1.97. The van der Waals surface area contributed by atoms with Gasteiger partial charge >= 0.3 is 0 Å². The number of thiophene rings is 3. The summed E-state index contributed by atoms with van der Waals surface area (Å²) in [5.74, 6) is 0. The topological polar surface area (TPSA) is 17.1 Å². The van der Waals surface area contributed by atoms with Gasteiger partial charge in [0, 0.05) is 16.1 Å². The molecule has 15 heavy (non-hydrogen) atoms. The second-order valence-corrected chi connectivity index (χ2v) is 14.3. The molecule has 3 aromatic rings. The number of fused-ring (bicyclic) bond motifs is 3. The molecular formula is C9H6IOPS3. The maximum atomic E-state index is 12.0. The van der Waals surface area contributed by atoms with Gasteiger partial charge in [-0.2, -0.15) is 0 Å². The minimum Gasteiger partial charge on any atom is -0.307 e. The molecule has 3 heterocycles. The van der Waals surface area contributed by atoms with Crippen molar-refractivity contribution in [3.63, 3.8) is 0 Å². The molecule has 3 aromatic heterocycles. The fourth-order valence-corrected chi connectivity index (χ4v) is 7.64. The largest absolute Gasteiger partial charge is 0.307 e. The zero-order chi connectivity index (χ0) is 10.6. The van der Waals surface area contributed by atoms with Crippen molar-refractivity contribution >= 4 is 84.3 Å². The number of hydrogen-bond acceptors (Lipinski definition) is 4. The highest BCUT2D eigenvalue weighted by Crippen LogP contribution is 2.53. The molecule has 0 amide bonds. The van der Waals surface area contributed by atoms with Crippen LogP contribution in [-0.4, -0.2) is 6.66 Å². The van der Waals surface area contributed by atoms with Gasteiger partial charge in [-0.1, -0.05) is 0 Å². The molecule has 1 nitrogen and oxygen atoms in total. The minimum atomic E-state index is -2.12. The van der Waals surface area contributed by atoms with Gasteiger partial charge in [0.2, 0.25) is 0 Å². The molecule has 6 heteroatoms. The average Bonchev–Trinajstić information content (AvgIpc) is 2.68. The second kappa shape index (κ2) is 3.53. The Kier molecular flexibility index (Phi) is 2.53. The van der Waals surface area contributed by atoms with E-state index in [9.17, 15) is 4.57 Å². The predicted octanol–water partition coefficient (Wildman–Crippen LogP) is 5.15. The summed E-state index contributed by atoms with van der Waals surface area (Å²) >= 11 is 7.34. The fourth-order valence-electron chi connectivity index (χ4n) is 1.45. The lowest BCUT2D eigenvalue weighted by molar-refractivity contribution is 0.595. The molecule has 0 aliphatic carbocycles. The van der Waals surface area contributed by atoms with Crippen molar-refractivity contribution in [2.24, 2.45) is 0 Å². The Bertz CT molecular complexity index is 686. The Labute approximate surface area is 112 Å². The second-order valence-electron chi connectivity index (χ2n) is 3.31. The molecule has 0 aromatic carbocycles. The molecule has 3 rings (SSSR count). The molecule has 1 unspecified atom stereocenters. The number of hydrogen-bond donors (Lipinski definition) is 0.